The zero-order valence-corrected chi connectivity index (χ0v) is 11.0. The predicted octanol–water partition coefficient (Wildman–Crippen LogP) is 3.11. The van der Waals surface area contributed by atoms with Gasteiger partial charge in [0.1, 0.15) is 15.7 Å². The molecule has 0 aliphatic heterocycles. The maximum Gasteiger partial charge on any atom is 0.359 e. The summed E-state index contributed by atoms with van der Waals surface area (Å²) in [5.74, 6) is 1.55. The fraction of sp³-hybridized carbons (Fsp3) is 0.143. The second-order valence-corrected chi connectivity index (χ2v) is 4.57. The van der Waals surface area contributed by atoms with Gasteiger partial charge in [0.25, 0.3) is 0 Å². The van der Waals surface area contributed by atoms with Gasteiger partial charge in [-0.25, -0.2) is 14.2 Å². The predicted molar refractivity (Wildman–Crippen MR) is 71.4 cm³/mol. The molecule has 0 aliphatic carbocycles. The summed E-state index contributed by atoms with van der Waals surface area (Å²) in [6.45, 7) is 1.97. The number of benzene rings is 1. The second kappa shape index (κ2) is 5.63. The lowest BCUT2D eigenvalue weighted by Crippen LogP contribution is -2.06. The number of rotatable bonds is 3. The Bertz CT molecular complexity index is 640. The Morgan fingerprint density at radius 1 is 1.47 bits per heavy atom. The van der Waals surface area contributed by atoms with Crippen LogP contribution in [0.15, 0.2) is 24.3 Å². The molecule has 19 heavy (non-hydrogen) atoms. The fourth-order valence-electron chi connectivity index (χ4n) is 1.47. The first-order valence-corrected chi connectivity index (χ1v) is 6.38. The lowest BCUT2D eigenvalue weighted by Gasteiger charge is -1.97. The van der Waals surface area contributed by atoms with Crippen molar-refractivity contribution in [2.45, 2.75) is 6.92 Å². The summed E-state index contributed by atoms with van der Waals surface area (Å²) in [7, 11) is 0. The van der Waals surface area contributed by atoms with Crippen LogP contribution in [-0.2, 0) is 4.74 Å². The van der Waals surface area contributed by atoms with E-state index in [0.29, 0.717) is 15.4 Å². The monoisotopic (exact) mass is 275 g/mol. The molecule has 0 bridgehead atoms. The number of thiazole rings is 1. The average molecular weight is 275 g/mol. The van der Waals surface area contributed by atoms with E-state index in [1.165, 1.54) is 23.5 Å². The third-order valence-corrected chi connectivity index (χ3v) is 3.35. The van der Waals surface area contributed by atoms with Gasteiger partial charge >= 0.3 is 5.97 Å². The molecule has 0 fully saturated rings. The molecule has 96 valence electrons. The van der Waals surface area contributed by atoms with E-state index < -0.39 is 5.97 Å². The van der Waals surface area contributed by atoms with E-state index in [9.17, 15) is 9.18 Å². The number of esters is 1. The van der Waals surface area contributed by atoms with Crippen LogP contribution in [0.4, 0.5) is 4.39 Å². The zero-order valence-electron chi connectivity index (χ0n) is 10.1. The van der Waals surface area contributed by atoms with Crippen molar-refractivity contribution >= 4 is 17.3 Å². The second-order valence-electron chi connectivity index (χ2n) is 3.57. The fourth-order valence-corrected chi connectivity index (χ4v) is 2.34. The summed E-state index contributed by atoms with van der Waals surface area (Å²) in [5, 5.41) is 0.566. The summed E-state index contributed by atoms with van der Waals surface area (Å²) in [6.07, 6.45) is 5.35. The highest BCUT2D eigenvalue weighted by atomic mass is 32.1. The van der Waals surface area contributed by atoms with Gasteiger partial charge in [0.2, 0.25) is 0 Å². The number of hydrogen-bond donors (Lipinski definition) is 0. The molecule has 0 saturated carbocycles. The molecule has 3 nitrogen and oxygen atoms in total. The van der Waals surface area contributed by atoms with Crippen molar-refractivity contribution in [3.63, 3.8) is 0 Å². The third-order valence-electron chi connectivity index (χ3n) is 2.32. The number of ether oxygens (including phenoxy) is 1. The van der Waals surface area contributed by atoms with Crippen LogP contribution in [0.25, 0.3) is 10.6 Å². The maximum absolute atomic E-state index is 12.9. The molecular formula is C14H10FNO2S. The topological polar surface area (TPSA) is 39.2 Å². The van der Waals surface area contributed by atoms with Crippen LogP contribution < -0.4 is 0 Å². The van der Waals surface area contributed by atoms with Gasteiger partial charge in [-0.05, 0) is 31.2 Å². The van der Waals surface area contributed by atoms with Gasteiger partial charge in [0, 0.05) is 5.56 Å². The molecule has 0 N–H and O–H groups in total. The number of hydrogen-bond acceptors (Lipinski definition) is 4. The molecule has 1 heterocycles. The highest BCUT2D eigenvalue weighted by molar-refractivity contribution is 7.15. The van der Waals surface area contributed by atoms with Crippen molar-refractivity contribution in [2.75, 3.05) is 6.61 Å². The van der Waals surface area contributed by atoms with Crippen molar-refractivity contribution in [1.82, 2.24) is 4.98 Å². The van der Waals surface area contributed by atoms with Crippen LogP contribution >= 0.6 is 11.3 Å². The SMILES string of the molecule is C#Cc1sc(-c2ccc(F)cc2)nc1C(=O)OCC. The van der Waals surface area contributed by atoms with Gasteiger partial charge in [-0.3, -0.25) is 0 Å². The minimum Gasteiger partial charge on any atom is -0.461 e. The molecule has 1 aromatic heterocycles. The molecule has 0 amide bonds. The van der Waals surface area contributed by atoms with E-state index in [4.69, 9.17) is 11.2 Å². The van der Waals surface area contributed by atoms with Gasteiger partial charge in [-0.1, -0.05) is 5.92 Å². The summed E-state index contributed by atoms with van der Waals surface area (Å²) in [5.41, 5.74) is 0.840. The Hall–Kier alpha value is -2.19. The number of halogens is 1. The lowest BCUT2D eigenvalue weighted by molar-refractivity contribution is 0.0520. The first kappa shape index (κ1) is 13.2. The Balaban J connectivity index is 2.41. The molecule has 2 rings (SSSR count). The molecule has 0 saturated heterocycles. The summed E-state index contributed by atoms with van der Waals surface area (Å²) >= 11 is 1.20. The molecular weight excluding hydrogens is 265 g/mol. The number of nitrogens with zero attached hydrogens (tertiary/aromatic N) is 1. The van der Waals surface area contributed by atoms with Crippen molar-refractivity contribution in [2.24, 2.45) is 0 Å². The van der Waals surface area contributed by atoms with Crippen LogP contribution in [0.5, 0.6) is 0 Å². The summed E-state index contributed by atoms with van der Waals surface area (Å²) in [6, 6.07) is 5.83. The highest BCUT2D eigenvalue weighted by Crippen LogP contribution is 2.28. The Labute approximate surface area is 114 Å². The van der Waals surface area contributed by atoms with Crippen molar-refractivity contribution in [1.29, 1.82) is 0 Å². The Kier molecular flexibility index (Phi) is 3.93. The van der Waals surface area contributed by atoms with E-state index in [-0.39, 0.29) is 18.1 Å². The number of aromatic nitrogens is 1. The number of carbonyl (C=O) groups is 1. The molecule has 0 radical (unpaired) electrons. The molecule has 5 heteroatoms. The zero-order chi connectivity index (χ0) is 13.8. The largest absolute Gasteiger partial charge is 0.461 e. The van der Waals surface area contributed by atoms with E-state index in [0.717, 1.165) is 0 Å². The average Bonchev–Trinajstić information content (AvgIpc) is 2.84. The maximum atomic E-state index is 12.9. The van der Waals surface area contributed by atoms with Gasteiger partial charge in [0.15, 0.2) is 5.69 Å². The van der Waals surface area contributed by atoms with Crippen LogP contribution in [-0.4, -0.2) is 17.6 Å². The van der Waals surface area contributed by atoms with E-state index in [1.54, 1.807) is 19.1 Å². The Morgan fingerprint density at radius 3 is 2.74 bits per heavy atom. The first-order chi connectivity index (χ1) is 9.15. The summed E-state index contributed by atoms with van der Waals surface area (Å²) in [4.78, 5) is 16.3. The van der Waals surface area contributed by atoms with Gasteiger partial charge < -0.3 is 4.74 Å². The van der Waals surface area contributed by atoms with E-state index in [2.05, 4.69) is 10.9 Å². The van der Waals surface area contributed by atoms with Crippen LogP contribution in [0.1, 0.15) is 22.3 Å². The molecule has 0 aliphatic rings. The molecule has 0 atom stereocenters. The van der Waals surface area contributed by atoms with Crippen LogP contribution in [0.2, 0.25) is 0 Å². The van der Waals surface area contributed by atoms with Crippen molar-refractivity contribution < 1.29 is 13.9 Å². The van der Waals surface area contributed by atoms with E-state index in [1.807, 2.05) is 0 Å². The van der Waals surface area contributed by atoms with Crippen molar-refractivity contribution in [3.05, 3.63) is 40.7 Å². The summed E-state index contributed by atoms with van der Waals surface area (Å²) < 4.78 is 17.7. The van der Waals surface area contributed by atoms with Gasteiger partial charge in [-0.2, -0.15) is 0 Å². The number of terminal acetylenes is 1. The molecule has 0 unspecified atom stereocenters. The minimum absolute atomic E-state index is 0.133. The molecule has 0 spiro atoms. The van der Waals surface area contributed by atoms with E-state index >= 15 is 0 Å². The third kappa shape index (κ3) is 2.80. The van der Waals surface area contributed by atoms with Gasteiger partial charge in [-0.15, -0.1) is 17.8 Å². The quantitative estimate of drug-likeness (QED) is 0.638. The minimum atomic E-state index is -0.542. The lowest BCUT2D eigenvalue weighted by atomic mass is 10.2. The van der Waals surface area contributed by atoms with Crippen LogP contribution in [0, 0.1) is 18.2 Å². The molecule has 1 aromatic carbocycles. The van der Waals surface area contributed by atoms with Crippen molar-refractivity contribution in [3.8, 4) is 22.9 Å². The smallest absolute Gasteiger partial charge is 0.359 e. The Morgan fingerprint density at radius 2 is 2.16 bits per heavy atom. The van der Waals surface area contributed by atoms with Gasteiger partial charge in [0.05, 0.1) is 6.61 Å². The number of carbonyl (C=O) groups excluding carboxylic acids is 1. The normalized spacial score (nSPS) is 9.95. The molecule has 2 aromatic rings. The van der Waals surface area contributed by atoms with Crippen LogP contribution in [0.3, 0.4) is 0 Å². The standard InChI is InChI=1S/C14H10FNO2S/c1-3-11-12(14(17)18-4-2)16-13(19-11)9-5-7-10(15)8-6-9/h1,5-8H,4H2,2H3. The highest BCUT2D eigenvalue weighted by Gasteiger charge is 2.18. The first-order valence-electron chi connectivity index (χ1n) is 5.56.